The van der Waals surface area contributed by atoms with Crippen LogP contribution in [0, 0.1) is 5.92 Å². The summed E-state index contributed by atoms with van der Waals surface area (Å²) in [5, 5.41) is 14.7. The Morgan fingerprint density at radius 1 is 1.47 bits per heavy atom. The lowest BCUT2D eigenvalue weighted by Gasteiger charge is -2.22. The molecule has 1 aliphatic rings. The molecular formula is C11H18N4. The van der Waals surface area contributed by atoms with Gasteiger partial charge in [0.2, 0.25) is 0 Å². The summed E-state index contributed by atoms with van der Waals surface area (Å²) in [6.07, 6.45) is 3.64. The predicted octanol–water partition coefficient (Wildman–Crippen LogP) is 1.06. The molecule has 1 saturated heterocycles. The summed E-state index contributed by atoms with van der Waals surface area (Å²) < 4.78 is 0. The lowest BCUT2D eigenvalue weighted by molar-refractivity contribution is 0.373. The molecule has 1 aromatic heterocycles. The number of piperidine rings is 1. The fourth-order valence-electron chi connectivity index (χ4n) is 2.00. The van der Waals surface area contributed by atoms with E-state index < -0.39 is 0 Å². The first-order valence-corrected chi connectivity index (χ1v) is 5.59. The van der Waals surface area contributed by atoms with Gasteiger partial charge >= 0.3 is 0 Å². The smallest absolute Gasteiger partial charge is 0.148 e. The summed E-state index contributed by atoms with van der Waals surface area (Å²) in [5.41, 5.74) is 1.10. The van der Waals surface area contributed by atoms with Crippen molar-refractivity contribution in [3.05, 3.63) is 17.8 Å². The zero-order valence-corrected chi connectivity index (χ0v) is 9.16. The van der Waals surface area contributed by atoms with E-state index in [1.54, 1.807) is 0 Å². The van der Waals surface area contributed by atoms with Crippen LogP contribution in [0.25, 0.3) is 0 Å². The third-order valence-electron chi connectivity index (χ3n) is 2.87. The molecule has 4 nitrogen and oxygen atoms in total. The number of hydrogen-bond donors (Lipinski definition) is 2. The Labute approximate surface area is 90.5 Å². The maximum atomic E-state index is 4.20. The second-order valence-electron chi connectivity index (χ2n) is 4.08. The zero-order chi connectivity index (χ0) is 10.5. The van der Waals surface area contributed by atoms with Crippen molar-refractivity contribution in [3.63, 3.8) is 0 Å². The zero-order valence-electron chi connectivity index (χ0n) is 9.16. The van der Waals surface area contributed by atoms with E-state index in [0.717, 1.165) is 30.4 Å². The maximum Gasteiger partial charge on any atom is 0.148 e. The van der Waals surface area contributed by atoms with Gasteiger partial charge < -0.3 is 10.6 Å². The lowest BCUT2D eigenvalue weighted by Crippen LogP contribution is -2.31. The van der Waals surface area contributed by atoms with Gasteiger partial charge in [0.25, 0.3) is 0 Å². The van der Waals surface area contributed by atoms with E-state index in [2.05, 4.69) is 26.9 Å². The van der Waals surface area contributed by atoms with Gasteiger partial charge in [-0.25, -0.2) is 0 Å². The van der Waals surface area contributed by atoms with E-state index in [1.807, 2.05) is 13.1 Å². The second kappa shape index (κ2) is 5.07. The highest BCUT2D eigenvalue weighted by Gasteiger charge is 2.14. The van der Waals surface area contributed by atoms with Crippen molar-refractivity contribution in [3.8, 4) is 0 Å². The van der Waals surface area contributed by atoms with Gasteiger partial charge in [-0.3, -0.25) is 0 Å². The van der Waals surface area contributed by atoms with Gasteiger partial charge in [-0.2, -0.15) is 5.10 Å². The predicted molar refractivity (Wildman–Crippen MR) is 60.9 cm³/mol. The minimum absolute atomic E-state index is 0.730. The molecule has 1 fully saturated rings. The summed E-state index contributed by atoms with van der Waals surface area (Å²) in [7, 11) is 1.86. The van der Waals surface area contributed by atoms with Crippen molar-refractivity contribution < 1.29 is 0 Å². The van der Waals surface area contributed by atoms with Crippen LogP contribution < -0.4 is 10.6 Å². The van der Waals surface area contributed by atoms with Gasteiger partial charge in [0.15, 0.2) is 0 Å². The summed E-state index contributed by atoms with van der Waals surface area (Å²) in [6.45, 7) is 2.29. The van der Waals surface area contributed by atoms with E-state index in [9.17, 15) is 0 Å². The largest absolute Gasteiger partial charge is 0.372 e. The molecule has 1 aliphatic heterocycles. The number of aromatic nitrogens is 2. The average molecular weight is 206 g/mol. The van der Waals surface area contributed by atoms with E-state index in [-0.39, 0.29) is 0 Å². The SMILES string of the molecule is CNc1ccc(CC2CCCNC2)nn1. The summed E-state index contributed by atoms with van der Waals surface area (Å²) >= 11 is 0. The fourth-order valence-corrected chi connectivity index (χ4v) is 2.00. The first-order valence-electron chi connectivity index (χ1n) is 5.59. The lowest BCUT2D eigenvalue weighted by atomic mass is 9.95. The highest BCUT2D eigenvalue weighted by atomic mass is 15.2. The molecule has 0 amide bonds. The van der Waals surface area contributed by atoms with Gasteiger partial charge in [0.05, 0.1) is 5.69 Å². The Kier molecular flexibility index (Phi) is 3.50. The van der Waals surface area contributed by atoms with Crippen LogP contribution in [0.3, 0.4) is 0 Å². The Morgan fingerprint density at radius 2 is 2.40 bits per heavy atom. The van der Waals surface area contributed by atoms with Crippen LogP contribution in [0.15, 0.2) is 12.1 Å². The van der Waals surface area contributed by atoms with Crippen molar-refractivity contribution in [1.82, 2.24) is 15.5 Å². The summed E-state index contributed by atoms with van der Waals surface area (Å²) in [4.78, 5) is 0. The number of nitrogens with one attached hydrogen (secondary N) is 2. The minimum atomic E-state index is 0.730. The second-order valence-corrected chi connectivity index (χ2v) is 4.08. The van der Waals surface area contributed by atoms with Gasteiger partial charge in [-0.1, -0.05) is 0 Å². The van der Waals surface area contributed by atoms with E-state index in [0.29, 0.717) is 0 Å². The fraction of sp³-hybridized carbons (Fsp3) is 0.636. The van der Waals surface area contributed by atoms with Crippen LogP contribution in [0.2, 0.25) is 0 Å². The monoisotopic (exact) mass is 206 g/mol. The first-order chi connectivity index (χ1) is 7.38. The minimum Gasteiger partial charge on any atom is -0.372 e. The van der Waals surface area contributed by atoms with Gasteiger partial charge in [0.1, 0.15) is 5.82 Å². The van der Waals surface area contributed by atoms with Gasteiger partial charge in [0, 0.05) is 7.05 Å². The van der Waals surface area contributed by atoms with Crippen molar-refractivity contribution in [2.75, 3.05) is 25.5 Å². The quantitative estimate of drug-likeness (QED) is 0.776. The van der Waals surface area contributed by atoms with E-state index in [1.165, 1.54) is 19.4 Å². The molecule has 82 valence electrons. The normalized spacial score (nSPS) is 21.3. The number of anilines is 1. The van der Waals surface area contributed by atoms with Crippen LogP contribution in [0.5, 0.6) is 0 Å². The van der Waals surface area contributed by atoms with Crippen molar-refractivity contribution >= 4 is 5.82 Å². The van der Waals surface area contributed by atoms with E-state index in [4.69, 9.17) is 0 Å². The number of rotatable bonds is 3. The standard InChI is InChI=1S/C11H18N4/c1-12-11-5-4-10(14-15-11)7-9-3-2-6-13-8-9/h4-5,9,13H,2-3,6-8H2,1H3,(H,12,15). The highest BCUT2D eigenvalue weighted by Crippen LogP contribution is 2.15. The first kappa shape index (κ1) is 10.4. The Morgan fingerprint density at radius 3 is 3.00 bits per heavy atom. The summed E-state index contributed by atoms with van der Waals surface area (Å²) in [6, 6.07) is 4.05. The molecule has 2 N–H and O–H groups in total. The molecule has 1 atom stereocenters. The Bertz CT molecular complexity index is 290. The van der Waals surface area contributed by atoms with Crippen LogP contribution >= 0.6 is 0 Å². The number of nitrogens with zero attached hydrogens (tertiary/aromatic N) is 2. The molecule has 1 unspecified atom stereocenters. The highest BCUT2D eigenvalue weighted by molar-refractivity contribution is 5.31. The molecule has 15 heavy (non-hydrogen) atoms. The van der Waals surface area contributed by atoms with Crippen molar-refractivity contribution in [2.24, 2.45) is 5.92 Å². The van der Waals surface area contributed by atoms with Crippen LogP contribution in [0.4, 0.5) is 5.82 Å². The Hall–Kier alpha value is -1.16. The van der Waals surface area contributed by atoms with Gasteiger partial charge in [-0.05, 0) is 50.4 Å². The number of hydrogen-bond acceptors (Lipinski definition) is 4. The third kappa shape index (κ3) is 2.89. The topological polar surface area (TPSA) is 49.8 Å². The third-order valence-corrected chi connectivity index (χ3v) is 2.87. The Balaban J connectivity index is 1.91. The van der Waals surface area contributed by atoms with Crippen LogP contribution in [0.1, 0.15) is 18.5 Å². The van der Waals surface area contributed by atoms with Crippen LogP contribution in [-0.2, 0) is 6.42 Å². The molecule has 0 aliphatic carbocycles. The van der Waals surface area contributed by atoms with Crippen molar-refractivity contribution in [1.29, 1.82) is 0 Å². The average Bonchev–Trinajstić information content (AvgIpc) is 2.31. The van der Waals surface area contributed by atoms with Crippen molar-refractivity contribution in [2.45, 2.75) is 19.3 Å². The molecule has 0 spiro atoms. The molecular weight excluding hydrogens is 188 g/mol. The molecule has 2 heterocycles. The molecule has 1 aromatic rings. The molecule has 4 heteroatoms. The summed E-state index contributed by atoms with van der Waals surface area (Å²) in [5.74, 6) is 1.56. The van der Waals surface area contributed by atoms with E-state index >= 15 is 0 Å². The maximum absolute atomic E-state index is 4.20. The molecule has 2 rings (SSSR count). The molecule has 0 saturated carbocycles. The van der Waals surface area contributed by atoms with Gasteiger partial charge in [-0.15, -0.1) is 5.10 Å². The molecule has 0 aromatic carbocycles. The molecule has 0 bridgehead atoms. The molecule has 0 radical (unpaired) electrons. The van der Waals surface area contributed by atoms with Crippen LogP contribution in [-0.4, -0.2) is 30.3 Å².